The van der Waals surface area contributed by atoms with Crippen LogP contribution in [0.3, 0.4) is 0 Å². The number of ether oxygens (including phenoxy) is 1. The van der Waals surface area contributed by atoms with E-state index in [9.17, 15) is 24.8 Å². The largest absolute Gasteiger partial charge is 0.494 e. The van der Waals surface area contributed by atoms with Gasteiger partial charge in [-0.1, -0.05) is 0 Å². The Labute approximate surface area is 150 Å². The molecule has 1 atom stereocenters. The minimum atomic E-state index is -1.06. The molecule has 1 saturated heterocycles. The molecule has 1 aliphatic heterocycles. The van der Waals surface area contributed by atoms with Gasteiger partial charge in [-0.2, -0.15) is 0 Å². The van der Waals surface area contributed by atoms with Crippen molar-refractivity contribution in [2.45, 2.75) is 12.5 Å². The number of methoxy groups -OCH3 is 1. The fraction of sp³-hybridized carbons (Fsp3) is 0.500. The van der Waals surface area contributed by atoms with E-state index in [0.29, 0.717) is 13.1 Å². The van der Waals surface area contributed by atoms with E-state index in [1.54, 1.807) is 4.90 Å². The molecule has 1 aromatic rings. The van der Waals surface area contributed by atoms with Gasteiger partial charge in [0.25, 0.3) is 5.69 Å². The Kier molecular flexibility index (Phi) is 6.47. The Bertz CT molecular complexity index is 687. The Morgan fingerprint density at radius 1 is 1.35 bits per heavy atom. The van der Waals surface area contributed by atoms with Crippen LogP contribution in [0.2, 0.25) is 0 Å². The lowest BCUT2D eigenvalue weighted by Gasteiger charge is -2.35. The van der Waals surface area contributed by atoms with Crippen LogP contribution in [0, 0.1) is 10.1 Å². The number of nitro groups is 1. The van der Waals surface area contributed by atoms with Crippen molar-refractivity contribution in [2.24, 2.45) is 0 Å². The predicted molar refractivity (Wildman–Crippen MR) is 93.4 cm³/mol. The second-order valence-electron chi connectivity index (χ2n) is 6.09. The third-order valence-corrected chi connectivity index (χ3v) is 4.31. The van der Waals surface area contributed by atoms with Crippen molar-refractivity contribution in [2.75, 3.05) is 45.7 Å². The number of hydrogen-bond donors (Lipinski definition) is 2. The van der Waals surface area contributed by atoms with E-state index in [1.807, 2.05) is 7.05 Å². The number of benzene rings is 1. The second-order valence-corrected chi connectivity index (χ2v) is 6.09. The fourth-order valence-corrected chi connectivity index (χ4v) is 2.78. The Morgan fingerprint density at radius 3 is 2.54 bits per heavy atom. The molecule has 2 rings (SSSR count). The van der Waals surface area contributed by atoms with Crippen molar-refractivity contribution >= 4 is 23.3 Å². The maximum absolute atomic E-state index is 12.3. The molecule has 1 aromatic carbocycles. The Morgan fingerprint density at radius 2 is 2.00 bits per heavy atom. The average molecular weight is 366 g/mol. The number of hydrogen-bond acceptors (Lipinski definition) is 7. The summed E-state index contributed by atoms with van der Waals surface area (Å²) in [6, 6.07) is 2.88. The summed E-state index contributed by atoms with van der Waals surface area (Å²) in [6.07, 6.45) is -0.223. The number of carbonyl (C=O) groups is 2. The third-order valence-electron chi connectivity index (χ3n) is 4.31. The number of nitrogens with zero attached hydrogens (tertiary/aromatic N) is 3. The molecule has 10 heteroatoms. The van der Waals surface area contributed by atoms with Gasteiger partial charge in [0.1, 0.15) is 11.8 Å². The first-order chi connectivity index (χ1) is 12.3. The summed E-state index contributed by atoms with van der Waals surface area (Å²) in [7, 11) is 3.29. The van der Waals surface area contributed by atoms with E-state index in [-0.39, 0.29) is 23.5 Å². The maximum atomic E-state index is 12.3. The average Bonchev–Trinajstić information content (AvgIpc) is 2.60. The van der Waals surface area contributed by atoms with E-state index in [0.717, 1.165) is 13.1 Å². The van der Waals surface area contributed by atoms with E-state index in [2.05, 4.69) is 10.2 Å². The molecule has 142 valence electrons. The van der Waals surface area contributed by atoms with Gasteiger partial charge in [0, 0.05) is 32.2 Å². The predicted octanol–water partition coefficient (Wildman–Crippen LogP) is 0.633. The third kappa shape index (κ3) is 4.90. The van der Waals surface area contributed by atoms with Gasteiger partial charge in [0.15, 0.2) is 0 Å². The second kappa shape index (κ2) is 8.59. The number of nitrogens with one attached hydrogen (secondary N) is 1. The molecule has 0 aromatic heterocycles. The van der Waals surface area contributed by atoms with E-state index in [1.165, 1.54) is 25.3 Å². The number of non-ortho nitro benzene ring substituents is 1. The monoisotopic (exact) mass is 366 g/mol. The number of rotatable bonds is 7. The van der Waals surface area contributed by atoms with Crippen LogP contribution in [0.15, 0.2) is 18.2 Å². The minimum absolute atomic E-state index is 0.138. The first kappa shape index (κ1) is 19.6. The molecule has 0 radical (unpaired) electrons. The van der Waals surface area contributed by atoms with Crippen molar-refractivity contribution in [3.63, 3.8) is 0 Å². The van der Waals surface area contributed by atoms with Crippen LogP contribution < -0.4 is 10.1 Å². The summed E-state index contributed by atoms with van der Waals surface area (Å²) < 4.78 is 5.07. The van der Waals surface area contributed by atoms with Crippen LogP contribution in [0.5, 0.6) is 5.75 Å². The molecule has 1 heterocycles. The zero-order chi connectivity index (χ0) is 19.3. The van der Waals surface area contributed by atoms with Gasteiger partial charge >= 0.3 is 5.97 Å². The normalized spacial score (nSPS) is 16.7. The van der Waals surface area contributed by atoms with Crippen molar-refractivity contribution in [3.8, 4) is 5.75 Å². The fourth-order valence-electron chi connectivity index (χ4n) is 2.78. The number of piperazine rings is 1. The van der Waals surface area contributed by atoms with Crippen molar-refractivity contribution in [3.05, 3.63) is 28.3 Å². The summed E-state index contributed by atoms with van der Waals surface area (Å²) in [4.78, 5) is 38.0. The SMILES string of the molecule is COc1cc([N+](=O)[O-])ccc1NC(=O)CC(C(=O)O)N1CCN(C)CC1. The van der Waals surface area contributed by atoms with Crippen molar-refractivity contribution < 1.29 is 24.4 Å². The maximum Gasteiger partial charge on any atom is 0.321 e. The highest BCUT2D eigenvalue weighted by molar-refractivity contribution is 5.95. The van der Waals surface area contributed by atoms with Crippen LogP contribution in [-0.2, 0) is 9.59 Å². The number of carbonyl (C=O) groups excluding carboxylic acids is 1. The molecular weight excluding hydrogens is 344 g/mol. The number of amides is 1. The summed E-state index contributed by atoms with van der Waals surface area (Å²) >= 11 is 0. The van der Waals surface area contributed by atoms with Crippen LogP contribution in [0.4, 0.5) is 11.4 Å². The van der Waals surface area contributed by atoms with Gasteiger partial charge in [-0.25, -0.2) is 0 Å². The lowest BCUT2D eigenvalue weighted by Crippen LogP contribution is -2.52. The number of anilines is 1. The van der Waals surface area contributed by atoms with Crippen LogP contribution >= 0.6 is 0 Å². The van der Waals surface area contributed by atoms with Gasteiger partial charge in [-0.15, -0.1) is 0 Å². The number of carboxylic acids is 1. The van der Waals surface area contributed by atoms with Crippen LogP contribution in [-0.4, -0.2) is 78.1 Å². The topological polar surface area (TPSA) is 125 Å². The molecule has 0 aliphatic carbocycles. The van der Waals surface area contributed by atoms with E-state index in [4.69, 9.17) is 4.74 Å². The van der Waals surface area contributed by atoms with Gasteiger partial charge in [0.2, 0.25) is 5.91 Å². The molecule has 1 amide bonds. The number of carboxylic acid groups (broad SMARTS) is 1. The Hall–Kier alpha value is -2.72. The van der Waals surface area contributed by atoms with Gasteiger partial charge in [-0.05, 0) is 13.1 Å². The zero-order valence-electron chi connectivity index (χ0n) is 14.7. The van der Waals surface area contributed by atoms with Crippen molar-refractivity contribution in [1.29, 1.82) is 0 Å². The van der Waals surface area contributed by atoms with Crippen LogP contribution in [0.1, 0.15) is 6.42 Å². The quantitative estimate of drug-likeness (QED) is 0.532. The molecule has 2 N–H and O–H groups in total. The highest BCUT2D eigenvalue weighted by atomic mass is 16.6. The molecule has 26 heavy (non-hydrogen) atoms. The standard InChI is InChI=1S/C16H22N4O6/c1-18-5-7-19(8-6-18)13(16(22)23)10-15(21)17-12-4-3-11(20(24)25)9-14(12)26-2/h3-4,9,13H,5-8,10H2,1-2H3,(H,17,21)(H,22,23). The first-order valence-electron chi connectivity index (χ1n) is 8.09. The number of aliphatic carboxylic acids is 1. The summed E-state index contributed by atoms with van der Waals surface area (Å²) in [5, 5.41) is 22.9. The summed E-state index contributed by atoms with van der Waals surface area (Å²) in [5.41, 5.74) is 0.0892. The van der Waals surface area contributed by atoms with Crippen LogP contribution in [0.25, 0.3) is 0 Å². The summed E-state index contributed by atoms with van der Waals surface area (Å²) in [5.74, 6) is -1.41. The smallest absolute Gasteiger partial charge is 0.321 e. The molecule has 1 unspecified atom stereocenters. The van der Waals surface area contributed by atoms with Gasteiger partial charge in [-0.3, -0.25) is 24.6 Å². The number of nitro benzene ring substituents is 1. The molecule has 10 nitrogen and oxygen atoms in total. The molecule has 0 saturated carbocycles. The Balaban J connectivity index is 2.06. The molecule has 0 spiro atoms. The zero-order valence-corrected chi connectivity index (χ0v) is 14.7. The van der Waals surface area contributed by atoms with Crippen molar-refractivity contribution in [1.82, 2.24) is 9.80 Å². The van der Waals surface area contributed by atoms with E-state index < -0.39 is 22.8 Å². The lowest BCUT2D eigenvalue weighted by atomic mass is 10.1. The first-order valence-corrected chi connectivity index (χ1v) is 8.09. The van der Waals surface area contributed by atoms with Gasteiger partial charge in [0.05, 0.1) is 30.2 Å². The minimum Gasteiger partial charge on any atom is -0.494 e. The molecule has 1 aliphatic rings. The highest BCUT2D eigenvalue weighted by Crippen LogP contribution is 2.29. The molecule has 1 fully saturated rings. The molecular formula is C16H22N4O6. The summed E-state index contributed by atoms with van der Waals surface area (Å²) in [6.45, 7) is 2.62. The lowest BCUT2D eigenvalue weighted by molar-refractivity contribution is -0.384. The highest BCUT2D eigenvalue weighted by Gasteiger charge is 2.30. The molecule has 0 bridgehead atoms. The van der Waals surface area contributed by atoms with Gasteiger partial charge < -0.3 is 20.1 Å². The number of likely N-dealkylation sites (N-methyl/N-ethyl adjacent to an activating group) is 1. The van der Waals surface area contributed by atoms with E-state index >= 15 is 0 Å².